The predicted octanol–water partition coefficient (Wildman–Crippen LogP) is 2.65. The molecule has 2 aromatic rings. The van der Waals surface area contributed by atoms with Gasteiger partial charge in [-0.3, -0.25) is 9.79 Å². The van der Waals surface area contributed by atoms with Crippen molar-refractivity contribution in [1.82, 2.24) is 9.97 Å². The average molecular weight is 461 g/mol. The van der Waals surface area contributed by atoms with Crippen LogP contribution in [0.4, 0.5) is 14.5 Å². The number of hydrogen-bond acceptors (Lipinski definition) is 8. The molecule has 2 atom stereocenters. The van der Waals surface area contributed by atoms with Gasteiger partial charge < -0.3 is 20.5 Å². The Kier molecular flexibility index (Phi) is 5.25. The van der Waals surface area contributed by atoms with Crippen LogP contribution in [0.25, 0.3) is 0 Å². The highest BCUT2D eigenvalue weighted by Gasteiger charge is 2.62. The molecule has 3 aliphatic rings. The number of benzene rings is 1. The second-order valence-corrected chi connectivity index (χ2v) is 9.50. The molecule has 1 amide bonds. The highest BCUT2D eigenvalue weighted by molar-refractivity contribution is 8.14. The van der Waals surface area contributed by atoms with Crippen molar-refractivity contribution >= 4 is 28.5 Å². The number of rotatable bonds is 6. The van der Waals surface area contributed by atoms with Gasteiger partial charge in [0.2, 0.25) is 5.88 Å². The van der Waals surface area contributed by atoms with Gasteiger partial charge in [0.25, 0.3) is 5.91 Å². The number of carbonyl (C=O) groups excluding carboxylic acids is 1. The van der Waals surface area contributed by atoms with E-state index in [1.165, 1.54) is 30.6 Å². The monoisotopic (exact) mass is 461 g/mol. The fourth-order valence-corrected chi connectivity index (χ4v) is 4.99. The Morgan fingerprint density at radius 3 is 2.91 bits per heavy atom. The van der Waals surface area contributed by atoms with Crippen molar-refractivity contribution in [1.29, 1.82) is 0 Å². The number of ether oxygens (including phenoxy) is 2. The number of halogens is 2. The summed E-state index contributed by atoms with van der Waals surface area (Å²) in [4.78, 5) is 24.8. The minimum atomic E-state index is -1.91. The van der Waals surface area contributed by atoms with Gasteiger partial charge in [0.15, 0.2) is 10.8 Å². The van der Waals surface area contributed by atoms with Gasteiger partial charge in [-0.05, 0) is 37.0 Å². The quantitative estimate of drug-likeness (QED) is 0.680. The Morgan fingerprint density at radius 2 is 2.16 bits per heavy atom. The minimum absolute atomic E-state index is 0.0630. The van der Waals surface area contributed by atoms with Gasteiger partial charge in [-0.25, -0.2) is 18.7 Å². The Labute approximate surface area is 187 Å². The zero-order valence-electron chi connectivity index (χ0n) is 17.0. The molecule has 1 aromatic carbocycles. The number of nitrogens with zero attached hydrogens (tertiary/aromatic N) is 3. The lowest BCUT2D eigenvalue weighted by atomic mass is 9.84. The Morgan fingerprint density at radius 1 is 1.31 bits per heavy atom. The van der Waals surface area contributed by atoms with E-state index < -0.39 is 22.1 Å². The summed E-state index contributed by atoms with van der Waals surface area (Å²) in [5, 5.41) is 2.83. The molecule has 1 saturated carbocycles. The highest BCUT2D eigenvalue weighted by Crippen LogP contribution is 2.54. The topological polar surface area (TPSA) is 112 Å². The van der Waals surface area contributed by atoms with E-state index in [2.05, 4.69) is 20.3 Å². The maximum absolute atomic E-state index is 15.7. The number of amidine groups is 1. The van der Waals surface area contributed by atoms with Crippen LogP contribution >= 0.6 is 11.8 Å². The lowest BCUT2D eigenvalue weighted by Crippen LogP contribution is -2.52. The number of nitrogens with one attached hydrogen (secondary N) is 1. The number of anilines is 1. The lowest BCUT2D eigenvalue weighted by molar-refractivity contribution is 0.102. The molecule has 1 aliphatic carbocycles. The van der Waals surface area contributed by atoms with Crippen LogP contribution in [0.3, 0.4) is 0 Å². The van der Waals surface area contributed by atoms with E-state index in [-0.39, 0.29) is 41.9 Å². The average Bonchev–Trinajstić information content (AvgIpc) is 3.55. The molecule has 2 aliphatic heterocycles. The van der Waals surface area contributed by atoms with Crippen molar-refractivity contribution < 1.29 is 23.0 Å². The second kappa shape index (κ2) is 7.96. The standard InChI is InChI=1S/C21H21F2N5O3S/c22-15-4-3-13(5-14(15)21-11-30-10-20(21,23)9-27-19(24)32-21)28-18(29)16-6-26-17(7-25-16)31-8-12-1-2-12/h3-7,12H,1-2,8-11H2,(H2,24,27)(H,28,29)/t20-,21-/m1/s1. The third-order valence-electron chi connectivity index (χ3n) is 5.81. The van der Waals surface area contributed by atoms with Crippen LogP contribution in [0.15, 0.2) is 35.6 Å². The van der Waals surface area contributed by atoms with Crippen molar-refractivity contribution in [3.63, 3.8) is 0 Å². The fourth-order valence-electron chi connectivity index (χ4n) is 3.79. The molecule has 8 nitrogen and oxygen atoms in total. The maximum Gasteiger partial charge on any atom is 0.275 e. The van der Waals surface area contributed by atoms with Gasteiger partial charge in [-0.15, -0.1) is 0 Å². The number of aliphatic imine (C=N–C) groups is 1. The molecule has 0 radical (unpaired) electrons. The number of fused-ring (bicyclic) bond motifs is 1. The molecule has 1 aromatic heterocycles. The van der Waals surface area contributed by atoms with Gasteiger partial charge in [0.05, 0.1) is 38.8 Å². The number of nitrogens with two attached hydrogens (primary N) is 1. The molecule has 0 bridgehead atoms. The van der Waals surface area contributed by atoms with Gasteiger partial charge in [0.1, 0.15) is 16.3 Å². The van der Waals surface area contributed by atoms with E-state index in [0.717, 1.165) is 24.6 Å². The Hall–Kier alpha value is -2.79. The normalized spacial score (nSPS) is 26.9. The van der Waals surface area contributed by atoms with Crippen LogP contribution in [0, 0.1) is 11.7 Å². The first-order valence-electron chi connectivity index (χ1n) is 10.2. The number of hydrogen-bond donors (Lipinski definition) is 2. The molecule has 32 heavy (non-hydrogen) atoms. The van der Waals surface area contributed by atoms with Gasteiger partial charge in [-0.2, -0.15) is 0 Å². The summed E-state index contributed by atoms with van der Waals surface area (Å²) in [5.41, 5.74) is 4.35. The van der Waals surface area contributed by atoms with E-state index in [9.17, 15) is 9.18 Å². The molecule has 0 spiro atoms. The molecule has 2 fully saturated rings. The number of thioether (sulfide) groups is 1. The SMILES string of the molecule is NC1=NC[C@@]2(F)COC[C@]2(c2cc(NC(=O)c3cnc(OCC4CC4)cn3)ccc2F)S1. The molecular weight excluding hydrogens is 440 g/mol. The van der Waals surface area contributed by atoms with Crippen molar-refractivity contribution in [2.45, 2.75) is 23.3 Å². The van der Waals surface area contributed by atoms with Crippen molar-refractivity contribution in [2.24, 2.45) is 16.6 Å². The van der Waals surface area contributed by atoms with Crippen LogP contribution in [-0.4, -0.2) is 53.1 Å². The number of amides is 1. The summed E-state index contributed by atoms with van der Waals surface area (Å²) in [6, 6.07) is 3.98. The summed E-state index contributed by atoms with van der Waals surface area (Å²) in [6.45, 7) is 0.101. The molecule has 11 heteroatoms. The van der Waals surface area contributed by atoms with Crippen molar-refractivity contribution in [3.05, 3.63) is 47.7 Å². The van der Waals surface area contributed by atoms with E-state index in [0.29, 0.717) is 18.4 Å². The van der Waals surface area contributed by atoms with Crippen molar-refractivity contribution in [2.75, 3.05) is 31.7 Å². The molecule has 5 rings (SSSR count). The lowest BCUT2D eigenvalue weighted by Gasteiger charge is -2.40. The summed E-state index contributed by atoms with van der Waals surface area (Å²) >= 11 is 0.946. The molecule has 168 valence electrons. The predicted molar refractivity (Wildman–Crippen MR) is 115 cm³/mol. The number of carbonyl (C=O) groups is 1. The third-order valence-corrected chi connectivity index (χ3v) is 7.20. The zero-order valence-corrected chi connectivity index (χ0v) is 17.8. The van der Waals surface area contributed by atoms with Crippen LogP contribution in [0.2, 0.25) is 0 Å². The highest BCUT2D eigenvalue weighted by atomic mass is 32.2. The smallest absolute Gasteiger partial charge is 0.275 e. The molecule has 1 saturated heterocycles. The first-order valence-corrected chi connectivity index (χ1v) is 11.0. The van der Waals surface area contributed by atoms with Crippen molar-refractivity contribution in [3.8, 4) is 5.88 Å². The summed E-state index contributed by atoms with van der Waals surface area (Å²) in [7, 11) is 0. The Bertz CT molecular complexity index is 1080. The van der Waals surface area contributed by atoms with E-state index in [1.807, 2.05) is 0 Å². The summed E-state index contributed by atoms with van der Waals surface area (Å²) < 4.78 is 40.1. The largest absolute Gasteiger partial charge is 0.476 e. The van der Waals surface area contributed by atoms with Gasteiger partial charge in [-0.1, -0.05) is 11.8 Å². The second-order valence-electron chi connectivity index (χ2n) is 8.18. The van der Waals surface area contributed by atoms with Gasteiger partial charge in [0, 0.05) is 11.3 Å². The van der Waals surface area contributed by atoms with E-state index in [4.69, 9.17) is 15.2 Å². The zero-order chi connectivity index (χ0) is 22.3. The molecular formula is C21H21F2N5O3S. The van der Waals surface area contributed by atoms with Crippen LogP contribution in [-0.2, 0) is 9.48 Å². The first kappa shape index (κ1) is 21.1. The van der Waals surface area contributed by atoms with Gasteiger partial charge >= 0.3 is 0 Å². The van der Waals surface area contributed by atoms with E-state index >= 15 is 4.39 Å². The molecule has 0 unspecified atom stereocenters. The van der Waals surface area contributed by atoms with E-state index in [1.54, 1.807) is 0 Å². The number of alkyl halides is 1. The molecule has 3 N–H and O–H groups in total. The minimum Gasteiger partial charge on any atom is -0.476 e. The maximum atomic E-state index is 15.7. The summed E-state index contributed by atoms with van der Waals surface area (Å²) in [5.74, 6) is -0.225. The van der Waals surface area contributed by atoms with Crippen LogP contribution < -0.4 is 15.8 Å². The summed E-state index contributed by atoms with van der Waals surface area (Å²) in [6.07, 6.45) is 5.01. The first-order chi connectivity index (χ1) is 15.4. The number of aromatic nitrogens is 2. The van der Waals surface area contributed by atoms with Crippen LogP contribution in [0.1, 0.15) is 28.9 Å². The van der Waals surface area contributed by atoms with Crippen LogP contribution in [0.5, 0.6) is 5.88 Å². The fraction of sp³-hybridized carbons (Fsp3) is 0.429. The molecule has 3 heterocycles. The third kappa shape index (κ3) is 3.79. The Balaban J connectivity index is 1.36.